The Morgan fingerprint density at radius 3 is 2.50 bits per heavy atom. The third-order valence-corrected chi connectivity index (χ3v) is 4.52. The van der Waals surface area contributed by atoms with Crippen LogP contribution in [0.1, 0.15) is 51.9 Å². The van der Waals surface area contributed by atoms with Gasteiger partial charge in [0.1, 0.15) is 0 Å². The Balaban J connectivity index is 1.61. The summed E-state index contributed by atoms with van der Waals surface area (Å²) in [7, 11) is 0. The Morgan fingerprint density at radius 1 is 1.17 bits per heavy atom. The SMILES string of the molecule is CC(CNC(=S)NC1CCCCC1)N1CCCC1. The van der Waals surface area contributed by atoms with Crippen molar-refractivity contribution in [1.29, 1.82) is 0 Å². The van der Waals surface area contributed by atoms with Crippen molar-refractivity contribution in [3.8, 4) is 0 Å². The molecule has 0 aromatic heterocycles. The normalized spacial score (nSPS) is 23.8. The molecule has 1 heterocycles. The minimum atomic E-state index is 0.596. The maximum atomic E-state index is 5.39. The number of nitrogens with one attached hydrogen (secondary N) is 2. The van der Waals surface area contributed by atoms with E-state index in [-0.39, 0.29) is 0 Å². The van der Waals surface area contributed by atoms with E-state index in [0.29, 0.717) is 12.1 Å². The summed E-state index contributed by atoms with van der Waals surface area (Å²) in [6, 6.07) is 1.21. The van der Waals surface area contributed by atoms with E-state index in [4.69, 9.17) is 12.2 Å². The lowest BCUT2D eigenvalue weighted by Gasteiger charge is -2.27. The van der Waals surface area contributed by atoms with E-state index < -0.39 is 0 Å². The van der Waals surface area contributed by atoms with Gasteiger partial charge in [-0.05, 0) is 57.9 Å². The average molecular weight is 269 g/mol. The molecular formula is C14H27N3S. The Kier molecular flexibility index (Phi) is 5.70. The fraction of sp³-hybridized carbons (Fsp3) is 0.929. The van der Waals surface area contributed by atoms with Gasteiger partial charge in [-0.25, -0.2) is 0 Å². The topological polar surface area (TPSA) is 27.3 Å². The molecule has 2 aliphatic rings. The van der Waals surface area contributed by atoms with Crippen molar-refractivity contribution in [1.82, 2.24) is 15.5 Å². The molecular weight excluding hydrogens is 242 g/mol. The number of likely N-dealkylation sites (tertiary alicyclic amines) is 1. The molecule has 1 atom stereocenters. The van der Waals surface area contributed by atoms with Gasteiger partial charge in [-0.2, -0.15) is 0 Å². The van der Waals surface area contributed by atoms with Crippen molar-refractivity contribution >= 4 is 17.3 Å². The number of hydrogen-bond donors (Lipinski definition) is 2. The van der Waals surface area contributed by atoms with Crippen LogP contribution in [-0.4, -0.2) is 41.7 Å². The highest BCUT2D eigenvalue weighted by Crippen LogP contribution is 2.17. The van der Waals surface area contributed by atoms with Crippen LogP contribution in [0.5, 0.6) is 0 Å². The van der Waals surface area contributed by atoms with Gasteiger partial charge in [0, 0.05) is 18.6 Å². The Hall–Kier alpha value is -0.350. The van der Waals surface area contributed by atoms with Crippen LogP contribution in [0.25, 0.3) is 0 Å². The van der Waals surface area contributed by atoms with Gasteiger partial charge < -0.3 is 10.6 Å². The number of hydrogen-bond acceptors (Lipinski definition) is 2. The van der Waals surface area contributed by atoms with Gasteiger partial charge in [-0.3, -0.25) is 4.90 Å². The molecule has 4 heteroatoms. The van der Waals surface area contributed by atoms with Crippen molar-refractivity contribution in [2.45, 2.75) is 64.0 Å². The molecule has 104 valence electrons. The molecule has 0 bridgehead atoms. The molecule has 2 rings (SSSR count). The fourth-order valence-electron chi connectivity index (χ4n) is 3.04. The quantitative estimate of drug-likeness (QED) is 0.766. The summed E-state index contributed by atoms with van der Waals surface area (Å²) in [5.74, 6) is 0. The lowest BCUT2D eigenvalue weighted by molar-refractivity contribution is 0.258. The molecule has 1 aliphatic heterocycles. The van der Waals surface area contributed by atoms with Crippen molar-refractivity contribution in [3.05, 3.63) is 0 Å². The van der Waals surface area contributed by atoms with E-state index in [1.54, 1.807) is 0 Å². The smallest absolute Gasteiger partial charge is 0.166 e. The van der Waals surface area contributed by atoms with Crippen molar-refractivity contribution in [2.75, 3.05) is 19.6 Å². The van der Waals surface area contributed by atoms with Crippen LogP contribution in [0, 0.1) is 0 Å². The minimum absolute atomic E-state index is 0.596. The van der Waals surface area contributed by atoms with Gasteiger partial charge in [0.25, 0.3) is 0 Å². The highest BCUT2D eigenvalue weighted by atomic mass is 32.1. The predicted molar refractivity (Wildman–Crippen MR) is 80.9 cm³/mol. The highest BCUT2D eigenvalue weighted by Gasteiger charge is 2.18. The summed E-state index contributed by atoms with van der Waals surface area (Å²) in [6.45, 7) is 5.78. The summed E-state index contributed by atoms with van der Waals surface area (Å²) in [5, 5.41) is 7.71. The first-order valence-corrected chi connectivity index (χ1v) is 7.95. The van der Waals surface area contributed by atoms with Crippen molar-refractivity contribution < 1.29 is 0 Å². The predicted octanol–water partition coefficient (Wildman–Crippen LogP) is 2.27. The number of nitrogens with zero attached hydrogens (tertiary/aromatic N) is 1. The summed E-state index contributed by atoms with van der Waals surface area (Å²) in [5.41, 5.74) is 0. The van der Waals surface area contributed by atoms with E-state index in [2.05, 4.69) is 22.5 Å². The third-order valence-electron chi connectivity index (χ3n) is 4.26. The molecule has 18 heavy (non-hydrogen) atoms. The number of rotatable bonds is 4. The molecule has 1 saturated heterocycles. The molecule has 0 aromatic carbocycles. The number of thiocarbonyl (C=S) groups is 1. The van der Waals surface area contributed by atoms with E-state index in [1.807, 2.05) is 0 Å². The summed E-state index contributed by atoms with van der Waals surface area (Å²) >= 11 is 5.39. The second-order valence-electron chi connectivity index (χ2n) is 5.78. The maximum absolute atomic E-state index is 5.39. The molecule has 1 saturated carbocycles. The Morgan fingerprint density at radius 2 is 1.83 bits per heavy atom. The van der Waals surface area contributed by atoms with Gasteiger partial charge in [0.05, 0.1) is 0 Å². The van der Waals surface area contributed by atoms with Crippen LogP contribution in [0.4, 0.5) is 0 Å². The zero-order valence-corrected chi connectivity index (χ0v) is 12.4. The van der Waals surface area contributed by atoms with Gasteiger partial charge in [0.2, 0.25) is 0 Å². The van der Waals surface area contributed by atoms with Crippen LogP contribution in [0.2, 0.25) is 0 Å². The van der Waals surface area contributed by atoms with E-state index in [9.17, 15) is 0 Å². The second-order valence-corrected chi connectivity index (χ2v) is 6.19. The van der Waals surface area contributed by atoms with Crippen molar-refractivity contribution in [2.24, 2.45) is 0 Å². The minimum Gasteiger partial charge on any atom is -0.361 e. The third kappa shape index (κ3) is 4.39. The molecule has 0 aromatic rings. The lowest BCUT2D eigenvalue weighted by Crippen LogP contribution is -2.47. The Labute approximate surface area is 117 Å². The van der Waals surface area contributed by atoms with E-state index in [1.165, 1.54) is 58.0 Å². The van der Waals surface area contributed by atoms with E-state index in [0.717, 1.165) is 11.7 Å². The molecule has 0 spiro atoms. The monoisotopic (exact) mass is 269 g/mol. The molecule has 2 fully saturated rings. The first-order chi connectivity index (χ1) is 8.75. The first-order valence-electron chi connectivity index (χ1n) is 7.54. The molecule has 2 N–H and O–H groups in total. The van der Waals surface area contributed by atoms with Crippen LogP contribution < -0.4 is 10.6 Å². The zero-order chi connectivity index (χ0) is 12.8. The molecule has 0 radical (unpaired) electrons. The Bertz CT molecular complexity index is 258. The summed E-state index contributed by atoms with van der Waals surface area (Å²) in [6.07, 6.45) is 9.37. The van der Waals surface area contributed by atoms with Crippen LogP contribution in [-0.2, 0) is 0 Å². The van der Waals surface area contributed by atoms with Gasteiger partial charge in [-0.15, -0.1) is 0 Å². The molecule has 1 aliphatic carbocycles. The van der Waals surface area contributed by atoms with E-state index >= 15 is 0 Å². The van der Waals surface area contributed by atoms with Crippen molar-refractivity contribution in [3.63, 3.8) is 0 Å². The van der Waals surface area contributed by atoms with Gasteiger partial charge in [0.15, 0.2) is 5.11 Å². The zero-order valence-electron chi connectivity index (χ0n) is 11.6. The molecule has 0 amide bonds. The van der Waals surface area contributed by atoms with Crippen LogP contribution in [0.3, 0.4) is 0 Å². The molecule has 3 nitrogen and oxygen atoms in total. The van der Waals surface area contributed by atoms with Gasteiger partial charge in [-0.1, -0.05) is 19.3 Å². The maximum Gasteiger partial charge on any atom is 0.166 e. The summed E-state index contributed by atoms with van der Waals surface area (Å²) < 4.78 is 0. The molecule has 1 unspecified atom stereocenters. The second kappa shape index (κ2) is 7.29. The summed E-state index contributed by atoms with van der Waals surface area (Å²) in [4.78, 5) is 2.55. The largest absolute Gasteiger partial charge is 0.361 e. The lowest BCUT2D eigenvalue weighted by atomic mass is 9.96. The standard InChI is InChI=1S/C14H27N3S/c1-12(17-9-5-6-10-17)11-15-14(18)16-13-7-3-2-4-8-13/h12-13H,2-11H2,1H3,(H2,15,16,18). The van der Waals surface area contributed by atoms with Gasteiger partial charge >= 0.3 is 0 Å². The fourth-order valence-corrected chi connectivity index (χ4v) is 3.29. The average Bonchev–Trinajstić information content (AvgIpc) is 2.91. The highest BCUT2D eigenvalue weighted by molar-refractivity contribution is 7.80. The van der Waals surface area contributed by atoms with Crippen LogP contribution >= 0.6 is 12.2 Å². The first kappa shape index (κ1) is 14.1. The van der Waals surface area contributed by atoms with Crippen LogP contribution in [0.15, 0.2) is 0 Å².